The minimum Gasteiger partial charge on any atom is -0.357 e. The lowest BCUT2D eigenvalue weighted by Gasteiger charge is -1.81. The second-order valence-corrected chi connectivity index (χ2v) is 2.28. The highest BCUT2D eigenvalue weighted by molar-refractivity contribution is 5.74. The van der Waals surface area contributed by atoms with Crippen LogP contribution in [0.5, 0.6) is 0 Å². The van der Waals surface area contributed by atoms with Crippen LogP contribution in [0.4, 0.5) is 0 Å². The lowest BCUT2D eigenvalue weighted by molar-refractivity contribution is 1.08. The summed E-state index contributed by atoms with van der Waals surface area (Å²) >= 11 is 0. The highest BCUT2D eigenvalue weighted by atomic mass is 15.1. The van der Waals surface area contributed by atoms with Gasteiger partial charge in [0, 0.05) is 5.69 Å². The molecule has 2 aromatic rings. The molecule has 0 spiro atoms. The summed E-state index contributed by atoms with van der Waals surface area (Å²) in [5, 5.41) is 7.68. The predicted molar refractivity (Wildman–Crippen MR) is 50.0 cm³/mol. The maximum Gasteiger partial charge on any atom is 0.111 e. The topological polar surface area (TPSA) is 41.6 Å². The first-order valence-electron chi connectivity index (χ1n) is 4.13. The van der Waals surface area contributed by atoms with Gasteiger partial charge in [0.25, 0.3) is 0 Å². The second kappa shape index (κ2) is 3.85. The number of H-pyrrole nitrogens is 1. The van der Waals surface area contributed by atoms with Gasteiger partial charge in [-0.15, -0.1) is 5.10 Å². The predicted octanol–water partition coefficient (Wildman–Crippen LogP) is 2.29. The van der Waals surface area contributed by atoms with Crippen LogP contribution in [0.1, 0.15) is 19.5 Å². The van der Waals surface area contributed by atoms with Gasteiger partial charge in [-0.3, -0.25) is 0 Å². The molecular formula is C9H13N3. The van der Waals surface area contributed by atoms with E-state index in [1.54, 1.807) is 6.20 Å². The fraction of sp³-hybridized carbons (Fsp3) is 0.333. The van der Waals surface area contributed by atoms with Crippen LogP contribution < -0.4 is 0 Å². The van der Waals surface area contributed by atoms with Crippen LogP contribution in [0.2, 0.25) is 0 Å². The monoisotopic (exact) mass is 163 g/mol. The van der Waals surface area contributed by atoms with Gasteiger partial charge < -0.3 is 4.98 Å². The first-order valence-corrected chi connectivity index (χ1v) is 4.13. The largest absolute Gasteiger partial charge is 0.357 e. The number of aromatic nitrogens is 3. The number of nitrogens with zero attached hydrogens (tertiary/aromatic N) is 2. The molecule has 1 N–H and O–H groups in total. The van der Waals surface area contributed by atoms with Gasteiger partial charge in [-0.25, -0.2) is 0 Å². The van der Waals surface area contributed by atoms with Crippen molar-refractivity contribution in [1.82, 2.24) is 15.2 Å². The van der Waals surface area contributed by atoms with E-state index in [1.807, 2.05) is 32.9 Å². The van der Waals surface area contributed by atoms with Crippen LogP contribution in [0.3, 0.4) is 0 Å². The minimum atomic E-state index is 0.931. The zero-order valence-corrected chi connectivity index (χ0v) is 7.63. The van der Waals surface area contributed by atoms with Crippen molar-refractivity contribution in [3.63, 3.8) is 0 Å². The highest BCUT2D eigenvalue weighted by Gasteiger charge is 1.94. The van der Waals surface area contributed by atoms with Crippen molar-refractivity contribution in [3.8, 4) is 0 Å². The third-order valence-corrected chi connectivity index (χ3v) is 1.43. The number of nitrogens with one attached hydrogen (secondary N) is 1. The van der Waals surface area contributed by atoms with Gasteiger partial charge in [0.05, 0.1) is 11.7 Å². The smallest absolute Gasteiger partial charge is 0.111 e. The van der Waals surface area contributed by atoms with E-state index in [0.29, 0.717) is 0 Å². The summed E-state index contributed by atoms with van der Waals surface area (Å²) < 4.78 is 0. The maximum atomic E-state index is 3.92. The Balaban J connectivity index is 0.000000336. The summed E-state index contributed by atoms with van der Waals surface area (Å²) in [6.07, 6.45) is 1.68. The molecule has 0 amide bonds. The van der Waals surface area contributed by atoms with Crippen LogP contribution >= 0.6 is 0 Å². The molecular weight excluding hydrogens is 150 g/mol. The average Bonchev–Trinajstić information content (AvgIpc) is 2.48. The molecule has 0 aromatic carbocycles. The Kier molecular flexibility index (Phi) is 2.80. The summed E-state index contributed by atoms with van der Waals surface area (Å²) in [6.45, 7) is 6.00. The Bertz CT molecular complexity index is 318. The number of hydrogen-bond acceptors (Lipinski definition) is 2. The zero-order valence-electron chi connectivity index (χ0n) is 7.63. The first kappa shape index (κ1) is 8.71. The van der Waals surface area contributed by atoms with Crippen LogP contribution in [-0.2, 0) is 0 Å². The standard InChI is InChI=1S/C7H7N3.C2H6/c1-5-4-7-6(9-5)2-3-8-10-7;1-2/h2-4,9H,1H3;1-2H3. The Hall–Kier alpha value is -1.38. The third kappa shape index (κ3) is 1.61. The Labute approximate surface area is 71.8 Å². The summed E-state index contributed by atoms with van der Waals surface area (Å²) in [5.41, 5.74) is 3.10. The van der Waals surface area contributed by atoms with Crippen molar-refractivity contribution in [3.05, 3.63) is 24.0 Å². The molecule has 3 nitrogen and oxygen atoms in total. The van der Waals surface area contributed by atoms with Crippen molar-refractivity contribution in [2.24, 2.45) is 0 Å². The quantitative estimate of drug-likeness (QED) is 0.647. The summed E-state index contributed by atoms with van der Waals surface area (Å²) in [6, 6.07) is 3.89. The Morgan fingerprint density at radius 2 is 2.08 bits per heavy atom. The molecule has 3 heteroatoms. The number of aryl methyl sites for hydroxylation is 1. The molecule has 0 unspecified atom stereocenters. The molecule has 2 rings (SSSR count). The van der Waals surface area contributed by atoms with Gasteiger partial charge in [0.15, 0.2) is 0 Å². The van der Waals surface area contributed by atoms with E-state index in [1.165, 1.54) is 0 Å². The van der Waals surface area contributed by atoms with Gasteiger partial charge in [-0.1, -0.05) is 13.8 Å². The van der Waals surface area contributed by atoms with E-state index in [-0.39, 0.29) is 0 Å². The van der Waals surface area contributed by atoms with Gasteiger partial charge in [0.1, 0.15) is 5.52 Å². The molecule has 2 aromatic heterocycles. The van der Waals surface area contributed by atoms with Gasteiger partial charge >= 0.3 is 0 Å². The third-order valence-electron chi connectivity index (χ3n) is 1.43. The summed E-state index contributed by atoms with van der Waals surface area (Å²) in [7, 11) is 0. The van der Waals surface area contributed by atoms with Crippen LogP contribution in [0, 0.1) is 6.92 Å². The number of rotatable bonds is 0. The molecule has 12 heavy (non-hydrogen) atoms. The molecule has 0 saturated carbocycles. The van der Waals surface area contributed by atoms with Gasteiger partial charge in [-0.2, -0.15) is 5.10 Å². The van der Waals surface area contributed by atoms with Crippen molar-refractivity contribution in [2.75, 3.05) is 0 Å². The van der Waals surface area contributed by atoms with Crippen LogP contribution in [0.25, 0.3) is 11.0 Å². The van der Waals surface area contributed by atoms with E-state index in [9.17, 15) is 0 Å². The first-order chi connectivity index (χ1) is 5.86. The number of fused-ring (bicyclic) bond motifs is 1. The van der Waals surface area contributed by atoms with E-state index >= 15 is 0 Å². The Morgan fingerprint density at radius 3 is 2.75 bits per heavy atom. The van der Waals surface area contributed by atoms with Crippen molar-refractivity contribution >= 4 is 11.0 Å². The lowest BCUT2D eigenvalue weighted by Crippen LogP contribution is -1.76. The SMILES string of the molecule is CC.Cc1cc2nnccc2[nH]1. The molecule has 0 aliphatic heterocycles. The molecule has 0 aliphatic rings. The second-order valence-electron chi connectivity index (χ2n) is 2.28. The molecule has 0 atom stereocenters. The normalized spacial score (nSPS) is 9.25. The fourth-order valence-corrected chi connectivity index (χ4v) is 1.01. The average molecular weight is 163 g/mol. The summed E-state index contributed by atoms with van der Waals surface area (Å²) in [5.74, 6) is 0. The highest BCUT2D eigenvalue weighted by Crippen LogP contribution is 2.08. The number of aromatic amines is 1. The van der Waals surface area contributed by atoms with E-state index in [2.05, 4.69) is 15.2 Å². The lowest BCUT2D eigenvalue weighted by atomic mass is 10.4. The molecule has 2 heterocycles. The van der Waals surface area contributed by atoms with E-state index < -0.39 is 0 Å². The van der Waals surface area contributed by atoms with E-state index in [0.717, 1.165) is 16.7 Å². The summed E-state index contributed by atoms with van der Waals surface area (Å²) in [4.78, 5) is 3.16. The molecule has 0 fully saturated rings. The minimum absolute atomic E-state index is 0.931. The molecule has 0 aliphatic carbocycles. The van der Waals surface area contributed by atoms with Crippen LogP contribution in [-0.4, -0.2) is 15.2 Å². The van der Waals surface area contributed by atoms with Crippen molar-refractivity contribution < 1.29 is 0 Å². The molecule has 0 saturated heterocycles. The molecule has 64 valence electrons. The van der Waals surface area contributed by atoms with Crippen molar-refractivity contribution in [2.45, 2.75) is 20.8 Å². The maximum absolute atomic E-state index is 3.92. The van der Waals surface area contributed by atoms with Gasteiger partial charge in [-0.05, 0) is 19.1 Å². The van der Waals surface area contributed by atoms with Crippen LogP contribution in [0.15, 0.2) is 18.3 Å². The van der Waals surface area contributed by atoms with Crippen molar-refractivity contribution in [1.29, 1.82) is 0 Å². The molecule has 0 bridgehead atoms. The fourth-order valence-electron chi connectivity index (χ4n) is 1.01. The Morgan fingerprint density at radius 1 is 1.33 bits per heavy atom. The van der Waals surface area contributed by atoms with Gasteiger partial charge in [0.2, 0.25) is 0 Å². The zero-order chi connectivity index (χ0) is 8.97. The van der Waals surface area contributed by atoms with E-state index in [4.69, 9.17) is 0 Å². The number of hydrogen-bond donors (Lipinski definition) is 1. The molecule has 0 radical (unpaired) electrons.